The van der Waals surface area contributed by atoms with Crippen LogP contribution in [0.1, 0.15) is 6.92 Å². The van der Waals surface area contributed by atoms with Gasteiger partial charge in [-0.3, -0.25) is 14.7 Å². The molecule has 4 aromatic rings. The van der Waals surface area contributed by atoms with Gasteiger partial charge in [-0.25, -0.2) is 0 Å². The van der Waals surface area contributed by atoms with Crippen LogP contribution in [0.15, 0.2) is 53.3 Å². The molecule has 9 nitrogen and oxygen atoms in total. The number of hydrogen-bond donors (Lipinski definition) is 4. The maximum Gasteiger partial charge on any atom is 0.322 e. The molecule has 0 saturated heterocycles. The highest BCUT2D eigenvalue weighted by molar-refractivity contribution is 5.82. The zero-order valence-electron chi connectivity index (χ0n) is 16.1. The number of benzene rings is 2. The predicted octanol–water partition coefficient (Wildman–Crippen LogP) is 2.88. The van der Waals surface area contributed by atoms with E-state index in [2.05, 4.69) is 25.7 Å². The summed E-state index contributed by atoms with van der Waals surface area (Å²) in [6.07, 6.45) is 0. The first-order valence-corrected chi connectivity index (χ1v) is 9.32. The average molecular weight is 405 g/mol. The highest BCUT2D eigenvalue weighted by atomic mass is 16.5. The van der Waals surface area contributed by atoms with Crippen LogP contribution in [-0.2, 0) is 4.79 Å². The van der Waals surface area contributed by atoms with Crippen molar-refractivity contribution in [2.75, 3.05) is 18.5 Å². The topological polar surface area (TPSA) is 133 Å². The number of nitrogens with one attached hydrogen (secondary N) is 3. The smallest absolute Gasteiger partial charge is 0.322 e. The van der Waals surface area contributed by atoms with Crippen molar-refractivity contribution >= 4 is 22.7 Å². The molecule has 0 atom stereocenters. The molecule has 0 aliphatic carbocycles. The average Bonchev–Trinajstić information content (AvgIpc) is 3.22. The molecule has 0 unspecified atom stereocenters. The zero-order chi connectivity index (χ0) is 21.1. The fourth-order valence-corrected chi connectivity index (χ4v) is 3.20. The van der Waals surface area contributed by atoms with Gasteiger partial charge >= 0.3 is 5.97 Å². The molecule has 2 heterocycles. The highest BCUT2D eigenvalue weighted by Crippen LogP contribution is 2.34. The van der Waals surface area contributed by atoms with Gasteiger partial charge in [-0.15, -0.1) is 5.10 Å². The van der Waals surface area contributed by atoms with Gasteiger partial charge in [0.1, 0.15) is 12.3 Å². The maximum absolute atomic E-state index is 12.3. The number of H-pyrrole nitrogens is 2. The van der Waals surface area contributed by atoms with Crippen molar-refractivity contribution in [3.8, 4) is 28.1 Å². The Morgan fingerprint density at radius 2 is 2.00 bits per heavy atom. The molecule has 152 valence electrons. The lowest BCUT2D eigenvalue weighted by molar-refractivity contribution is -0.134. The first kappa shape index (κ1) is 19.2. The Balaban J connectivity index is 1.74. The molecule has 2 aromatic heterocycles. The molecule has 30 heavy (non-hydrogen) atoms. The third kappa shape index (κ3) is 3.86. The number of nitrogens with zero attached hydrogens (tertiary/aromatic N) is 2. The second kappa shape index (κ2) is 8.08. The van der Waals surface area contributed by atoms with E-state index in [0.717, 1.165) is 16.7 Å². The number of hydrogen-bond acceptors (Lipinski definition) is 6. The van der Waals surface area contributed by atoms with E-state index in [1.807, 2.05) is 49.4 Å². The number of aromatic nitrogens is 4. The lowest BCUT2D eigenvalue weighted by atomic mass is 10.0. The summed E-state index contributed by atoms with van der Waals surface area (Å²) in [4.78, 5) is 25.9. The van der Waals surface area contributed by atoms with Gasteiger partial charge in [0.05, 0.1) is 17.8 Å². The van der Waals surface area contributed by atoms with Crippen molar-refractivity contribution in [1.82, 2.24) is 20.4 Å². The third-order valence-corrected chi connectivity index (χ3v) is 4.54. The molecule has 0 amide bonds. The van der Waals surface area contributed by atoms with Gasteiger partial charge in [0, 0.05) is 11.3 Å². The van der Waals surface area contributed by atoms with Gasteiger partial charge in [-0.05, 0) is 48.4 Å². The summed E-state index contributed by atoms with van der Waals surface area (Å²) in [5.41, 5.74) is 4.28. The molecule has 2 aromatic carbocycles. The van der Waals surface area contributed by atoms with Gasteiger partial charge in [0.2, 0.25) is 0 Å². The molecule has 4 rings (SSSR count). The quantitative estimate of drug-likeness (QED) is 0.371. The van der Waals surface area contributed by atoms with Gasteiger partial charge < -0.3 is 20.1 Å². The first-order valence-electron chi connectivity index (χ1n) is 9.32. The van der Waals surface area contributed by atoms with Crippen molar-refractivity contribution in [3.63, 3.8) is 0 Å². The molecular weight excluding hydrogens is 386 g/mol. The minimum atomic E-state index is -0.929. The van der Waals surface area contributed by atoms with E-state index in [-0.39, 0.29) is 17.6 Å². The van der Waals surface area contributed by atoms with Crippen LogP contribution in [0.5, 0.6) is 5.75 Å². The summed E-state index contributed by atoms with van der Waals surface area (Å²) in [7, 11) is 0. The molecule has 0 saturated carbocycles. The zero-order valence-corrected chi connectivity index (χ0v) is 16.1. The maximum atomic E-state index is 12.3. The summed E-state index contributed by atoms with van der Waals surface area (Å²) >= 11 is 0. The Kier molecular flexibility index (Phi) is 5.17. The van der Waals surface area contributed by atoms with E-state index < -0.39 is 5.97 Å². The molecule has 0 fully saturated rings. The molecule has 0 aliphatic heterocycles. The van der Waals surface area contributed by atoms with Gasteiger partial charge in [0.15, 0.2) is 5.52 Å². The fourth-order valence-electron chi connectivity index (χ4n) is 3.20. The predicted molar refractivity (Wildman–Crippen MR) is 113 cm³/mol. The summed E-state index contributed by atoms with van der Waals surface area (Å²) in [6, 6.07) is 14.9. The largest absolute Gasteiger partial charge is 0.493 e. The molecule has 4 N–H and O–H groups in total. The molecular formula is C21H19N5O4. The SMILES string of the molecule is CCOc1cc(-c2cccc(NCC(=O)O)c2)ccc1-c1cc2[nH]nnc2c(=O)[nH]1. The lowest BCUT2D eigenvalue weighted by Gasteiger charge is -2.13. The Labute approximate surface area is 170 Å². The Bertz CT molecular complexity index is 1280. The van der Waals surface area contributed by atoms with E-state index in [1.165, 1.54) is 0 Å². The van der Waals surface area contributed by atoms with Gasteiger partial charge in [0.25, 0.3) is 5.56 Å². The van der Waals surface area contributed by atoms with Crippen LogP contribution in [0.2, 0.25) is 0 Å². The number of ether oxygens (including phenoxy) is 1. The Morgan fingerprint density at radius 1 is 1.17 bits per heavy atom. The summed E-state index contributed by atoms with van der Waals surface area (Å²) in [5.74, 6) is -0.316. The van der Waals surface area contributed by atoms with Crippen LogP contribution in [-0.4, -0.2) is 44.6 Å². The van der Waals surface area contributed by atoms with Crippen LogP contribution >= 0.6 is 0 Å². The lowest BCUT2D eigenvalue weighted by Crippen LogP contribution is -2.12. The number of carboxylic acid groups (broad SMARTS) is 1. The minimum absolute atomic E-state index is 0.162. The van der Waals surface area contributed by atoms with Crippen LogP contribution in [0.4, 0.5) is 5.69 Å². The normalized spacial score (nSPS) is 10.8. The van der Waals surface area contributed by atoms with Crippen molar-refractivity contribution in [2.45, 2.75) is 6.92 Å². The third-order valence-electron chi connectivity index (χ3n) is 4.54. The van der Waals surface area contributed by atoms with E-state index >= 15 is 0 Å². The number of aromatic amines is 2. The standard InChI is InChI=1S/C21H19N5O4/c1-2-30-18-9-13(12-4-3-5-14(8-12)22-11-19(27)28)6-7-15(18)16-10-17-20(21(29)23-16)25-26-24-17/h3-10,22H,2,11H2,1H3,(H,23,29)(H,27,28)(H,24,25,26). The number of carboxylic acids is 1. The molecule has 9 heteroatoms. The van der Waals surface area contributed by atoms with Crippen LogP contribution in [0.3, 0.4) is 0 Å². The molecule has 0 radical (unpaired) electrons. The highest BCUT2D eigenvalue weighted by Gasteiger charge is 2.13. The second-order valence-electron chi connectivity index (χ2n) is 6.56. The first-order chi connectivity index (χ1) is 14.5. The van der Waals surface area contributed by atoms with E-state index in [4.69, 9.17) is 9.84 Å². The molecule has 0 bridgehead atoms. The van der Waals surface area contributed by atoms with Crippen LogP contribution < -0.4 is 15.6 Å². The second-order valence-corrected chi connectivity index (χ2v) is 6.56. The number of carbonyl (C=O) groups is 1. The van der Waals surface area contributed by atoms with Crippen molar-refractivity contribution in [3.05, 3.63) is 58.9 Å². The number of rotatable bonds is 7. The van der Waals surface area contributed by atoms with Gasteiger partial charge in [-0.1, -0.05) is 23.4 Å². The van der Waals surface area contributed by atoms with Gasteiger partial charge in [-0.2, -0.15) is 0 Å². The van der Waals surface area contributed by atoms with Crippen LogP contribution in [0, 0.1) is 0 Å². The van der Waals surface area contributed by atoms with Crippen LogP contribution in [0.25, 0.3) is 33.4 Å². The van der Waals surface area contributed by atoms with Crippen molar-refractivity contribution < 1.29 is 14.6 Å². The number of fused-ring (bicyclic) bond motifs is 1. The summed E-state index contributed by atoms with van der Waals surface area (Å²) in [6.45, 7) is 2.18. The summed E-state index contributed by atoms with van der Waals surface area (Å²) in [5, 5.41) is 21.9. The van der Waals surface area contributed by atoms with Crippen molar-refractivity contribution in [1.29, 1.82) is 0 Å². The van der Waals surface area contributed by atoms with E-state index in [9.17, 15) is 9.59 Å². The number of anilines is 1. The number of aliphatic carboxylic acids is 1. The summed E-state index contributed by atoms with van der Waals surface area (Å²) < 4.78 is 5.84. The minimum Gasteiger partial charge on any atom is -0.493 e. The Morgan fingerprint density at radius 3 is 2.80 bits per heavy atom. The van der Waals surface area contributed by atoms with E-state index in [1.54, 1.807) is 6.07 Å². The molecule has 0 spiro atoms. The molecule has 0 aliphatic rings. The Hall–Kier alpha value is -4.14. The van der Waals surface area contributed by atoms with Crippen molar-refractivity contribution in [2.24, 2.45) is 0 Å². The number of pyridine rings is 1. The van der Waals surface area contributed by atoms with E-state index in [0.29, 0.717) is 29.3 Å². The monoisotopic (exact) mass is 405 g/mol. The fraction of sp³-hybridized carbons (Fsp3) is 0.143.